The topological polar surface area (TPSA) is 120 Å². The highest BCUT2D eigenvalue weighted by Crippen LogP contribution is 2.50. The van der Waals surface area contributed by atoms with E-state index in [1.165, 1.54) is 6.07 Å². The molecule has 3 atom stereocenters. The van der Waals surface area contributed by atoms with Gasteiger partial charge in [0.1, 0.15) is 0 Å². The fourth-order valence-electron chi connectivity index (χ4n) is 6.61. The molecule has 0 aromatic heterocycles. The first kappa shape index (κ1) is 34.7. The van der Waals surface area contributed by atoms with Gasteiger partial charge in [-0.15, -0.1) is 0 Å². The van der Waals surface area contributed by atoms with Crippen molar-refractivity contribution in [3.05, 3.63) is 53.6 Å². The third-order valence-corrected chi connectivity index (χ3v) is 8.85. The summed E-state index contributed by atoms with van der Waals surface area (Å²) in [5, 5.41) is 12.7. The average Bonchev–Trinajstić information content (AvgIpc) is 3.67. The first-order chi connectivity index (χ1) is 21.8. The molecule has 2 saturated heterocycles. The summed E-state index contributed by atoms with van der Waals surface area (Å²) < 4.78 is 69.7. The Hall–Kier alpha value is -4.14. The number of carbonyl (C=O) groups excluding carboxylic acids is 2. The molecule has 3 N–H and O–H groups in total. The number of urea groups is 1. The molecule has 3 aliphatic rings. The number of benzene rings is 2. The van der Waals surface area contributed by atoms with E-state index in [2.05, 4.69) is 21.6 Å². The molecule has 252 valence electrons. The predicted molar refractivity (Wildman–Crippen MR) is 157 cm³/mol. The fraction of sp³-hybridized carbons (Fsp3) is 0.516. The molecule has 15 heteroatoms. The van der Waals surface area contributed by atoms with Crippen LogP contribution in [-0.4, -0.2) is 91.5 Å². The number of alkyl halides is 3. The zero-order chi connectivity index (χ0) is 33.6. The van der Waals surface area contributed by atoms with Gasteiger partial charge in [-0.3, -0.25) is 9.69 Å². The average molecular weight is 657 g/mol. The number of amides is 3. The van der Waals surface area contributed by atoms with E-state index in [0.29, 0.717) is 37.4 Å². The molecule has 5 rings (SSSR count). The fourth-order valence-corrected chi connectivity index (χ4v) is 6.61. The second-order valence-corrected chi connectivity index (χ2v) is 11.6. The Morgan fingerprint density at radius 2 is 1.63 bits per heavy atom. The first-order valence-electron chi connectivity index (χ1n) is 14.8. The molecular weight excluding hydrogens is 619 g/mol. The first-order valence-corrected chi connectivity index (χ1v) is 14.8. The van der Waals surface area contributed by atoms with Crippen LogP contribution in [0.1, 0.15) is 44.1 Å². The number of rotatable bonds is 7. The summed E-state index contributed by atoms with van der Waals surface area (Å²) in [7, 11) is 3.22. The highest BCUT2D eigenvalue weighted by Gasteiger charge is 2.53. The highest BCUT2D eigenvalue weighted by atomic mass is 19.4. The summed E-state index contributed by atoms with van der Waals surface area (Å²) in [5.41, 5.74) is 1.01. The Morgan fingerprint density at radius 1 is 0.957 bits per heavy atom. The van der Waals surface area contributed by atoms with Gasteiger partial charge in [0, 0.05) is 35.8 Å². The minimum Gasteiger partial charge on any atom is -0.493 e. The van der Waals surface area contributed by atoms with Crippen LogP contribution in [0.25, 0.3) is 0 Å². The van der Waals surface area contributed by atoms with Gasteiger partial charge in [-0.25, -0.2) is 18.4 Å². The van der Waals surface area contributed by atoms with Crippen LogP contribution in [0.3, 0.4) is 0 Å². The van der Waals surface area contributed by atoms with Crippen LogP contribution in [0.4, 0.5) is 32.4 Å². The van der Waals surface area contributed by atoms with E-state index >= 15 is 0 Å². The van der Waals surface area contributed by atoms with Crippen molar-refractivity contribution in [3.63, 3.8) is 0 Å². The second kappa shape index (κ2) is 14.5. The van der Waals surface area contributed by atoms with Crippen LogP contribution < -0.4 is 20.1 Å². The molecule has 0 bridgehead atoms. The number of anilines is 1. The van der Waals surface area contributed by atoms with Crippen molar-refractivity contribution in [2.24, 2.45) is 0 Å². The second-order valence-electron chi connectivity index (χ2n) is 11.6. The maximum Gasteiger partial charge on any atom is 0.490 e. The summed E-state index contributed by atoms with van der Waals surface area (Å²) >= 11 is 0. The normalized spacial score (nSPS) is 22.7. The molecule has 2 aliphatic heterocycles. The van der Waals surface area contributed by atoms with Gasteiger partial charge in [-0.1, -0.05) is 6.07 Å². The van der Waals surface area contributed by atoms with Gasteiger partial charge in [0.2, 0.25) is 5.91 Å². The molecule has 0 spiro atoms. The lowest BCUT2D eigenvalue weighted by Gasteiger charge is -2.45. The minimum absolute atomic E-state index is 0.104. The van der Waals surface area contributed by atoms with E-state index in [1.807, 2.05) is 17.0 Å². The van der Waals surface area contributed by atoms with Crippen molar-refractivity contribution >= 4 is 23.6 Å². The molecule has 2 heterocycles. The molecule has 46 heavy (non-hydrogen) atoms. The standard InChI is InChI=1S/C29H36F2N4O4.C2HF3O2/c1-38-24-8-5-19(15-25(24)39-2)29-10-9-21(33-28(37)32-20-6-7-22(30)23(31)16-20)17-26(29)35(14-11-29)27(36)18-34-12-3-4-13-34;3-2(4,5)1(6)7/h5-8,15-16,21,26H,3-4,9-14,17-18H2,1-2H3,(H2,32,33,37);(H,6,7)/t21-,26+,29+;/m1./s1. The van der Waals surface area contributed by atoms with Crippen LogP contribution in [0.2, 0.25) is 0 Å². The van der Waals surface area contributed by atoms with Crippen molar-refractivity contribution in [1.29, 1.82) is 0 Å². The number of ether oxygens (including phenoxy) is 2. The molecular formula is C31H37F5N4O6. The predicted octanol–water partition coefficient (Wildman–Crippen LogP) is 4.92. The minimum atomic E-state index is -5.08. The van der Waals surface area contributed by atoms with Crippen molar-refractivity contribution in [2.75, 3.05) is 45.7 Å². The van der Waals surface area contributed by atoms with E-state index in [1.54, 1.807) is 14.2 Å². The van der Waals surface area contributed by atoms with E-state index in [4.69, 9.17) is 19.4 Å². The monoisotopic (exact) mass is 656 g/mol. The van der Waals surface area contributed by atoms with Crippen LogP contribution >= 0.6 is 0 Å². The molecule has 2 aromatic rings. The summed E-state index contributed by atoms with van der Waals surface area (Å²) in [5.74, 6) is -3.33. The Kier molecular flexibility index (Phi) is 11.0. The number of nitrogens with zero attached hydrogens (tertiary/aromatic N) is 2. The maximum absolute atomic E-state index is 13.6. The number of hydrogen-bond donors (Lipinski definition) is 3. The maximum atomic E-state index is 13.6. The Bertz CT molecular complexity index is 1420. The number of carbonyl (C=O) groups is 3. The third kappa shape index (κ3) is 7.98. The lowest BCUT2D eigenvalue weighted by molar-refractivity contribution is -0.192. The van der Waals surface area contributed by atoms with E-state index in [9.17, 15) is 31.5 Å². The summed E-state index contributed by atoms with van der Waals surface area (Å²) in [4.78, 5) is 39.4. The summed E-state index contributed by atoms with van der Waals surface area (Å²) in [6, 6.07) is 8.46. The Labute approximate surface area is 262 Å². The number of aliphatic carboxylic acids is 1. The third-order valence-electron chi connectivity index (χ3n) is 8.85. The number of likely N-dealkylation sites (tertiary alicyclic amines) is 2. The number of nitrogens with one attached hydrogen (secondary N) is 2. The van der Waals surface area contributed by atoms with Crippen LogP contribution in [0, 0.1) is 11.6 Å². The number of carboxylic acids is 1. The van der Waals surface area contributed by atoms with Crippen LogP contribution in [-0.2, 0) is 15.0 Å². The molecule has 3 amide bonds. The van der Waals surface area contributed by atoms with Crippen molar-refractivity contribution in [3.8, 4) is 11.5 Å². The molecule has 1 aliphatic carbocycles. The van der Waals surface area contributed by atoms with E-state index < -0.39 is 29.8 Å². The lowest BCUT2D eigenvalue weighted by atomic mass is 9.65. The molecule has 10 nitrogen and oxygen atoms in total. The van der Waals surface area contributed by atoms with Gasteiger partial charge in [0.25, 0.3) is 0 Å². The highest BCUT2D eigenvalue weighted by molar-refractivity contribution is 5.89. The summed E-state index contributed by atoms with van der Waals surface area (Å²) in [6.45, 7) is 2.95. The molecule has 3 fully saturated rings. The van der Waals surface area contributed by atoms with E-state index in [-0.39, 0.29) is 29.1 Å². The largest absolute Gasteiger partial charge is 0.493 e. The summed E-state index contributed by atoms with van der Waals surface area (Å²) in [6.07, 6.45) is 0.0512. The van der Waals surface area contributed by atoms with Crippen molar-refractivity contribution < 1.29 is 50.9 Å². The lowest BCUT2D eigenvalue weighted by Crippen LogP contribution is -2.55. The SMILES string of the molecule is COc1ccc([C@@]23CC[C@@H](NC(=O)Nc4ccc(F)c(F)c4)C[C@@H]2N(C(=O)CN2CCCC2)CC3)cc1OC.O=C(O)C(F)(F)F. The molecule has 0 unspecified atom stereocenters. The number of methoxy groups -OCH3 is 2. The Balaban J connectivity index is 0.000000617. The number of carboxylic acid groups (broad SMARTS) is 1. The molecule has 0 radical (unpaired) electrons. The number of fused-ring (bicyclic) bond motifs is 1. The van der Waals surface area contributed by atoms with Gasteiger partial charge in [0.05, 0.1) is 20.8 Å². The number of hydrogen-bond acceptors (Lipinski definition) is 6. The molecule has 2 aromatic carbocycles. The van der Waals surface area contributed by atoms with Crippen LogP contribution in [0.15, 0.2) is 36.4 Å². The van der Waals surface area contributed by atoms with Crippen LogP contribution in [0.5, 0.6) is 11.5 Å². The van der Waals surface area contributed by atoms with Gasteiger partial charge >= 0.3 is 18.2 Å². The number of halogens is 5. The zero-order valence-electron chi connectivity index (χ0n) is 25.5. The Morgan fingerprint density at radius 3 is 2.24 bits per heavy atom. The van der Waals surface area contributed by atoms with Gasteiger partial charge in [0.15, 0.2) is 23.1 Å². The van der Waals surface area contributed by atoms with Gasteiger partial charge in [-0.05, 0) is 81.4 Å². The van der Waals surface area contributed by atoms with E-state index in [0.717, 1.165) is 56.5 Å². The van der Waals surface area contributed by atoms with Gasteiger partial charge < -0.3 is 30.1 Å². The quantitative estimate of drug-likeness (QED) is 0.362. The smallest absolute Gasteiger partial charge is 0.490 e. The zero-order valence-corrected chi connectivity index (χ0v) is 25.5. The van der Waals surface area contributed by atoms with Crippen molar-refractivity contribution in [1.82, 2.24) is 15.1 Å². The van der Waals surface area contributed by atoms with Crippen molar-refractivity contribution in [2.45, 2.75) is 62.2 Å². The van der Waals surface area contributed by atoms with Gasteiger partial charge in [-0.2, -0.15) is 13.2 Å². The molecule has 1 saturated carbocycles.